The predicted molar refractivity (Wildman–Crippen MR) is 89.4 cm³/mol. The molecule has 2 aliphatic rings. The summed E-state index contributed by atoms with van der Waals surface area (Å²) in [7, 11) is 0. The molecular weight excluding hydrogens is 330 g/mol. The lowest BCUT2D eigenvalue weighted by molar-refractivity contribution is -0.138. The molecule has 0 aliphatic carbocycles. The van der Waals surface area contributed by atoms with Gasteiger partial charge in [-0.05, 0) is 30.5 Å². The van der Waals surface area contributed by atoms with E-state index >= 15 is 0 Å². The number of benzene rings is 1. The van der Waals surface area contributed by atoms with Gasteiger partial charge in [0.15, 0.2) is 0 Å². The van der Waals surface area contributed by atoms with Crippen molar-refractivity contribution in [3.05, 3.63) is 34.9 Å². The monoisotopic (exact) mass is 349 g/mol. The maximum atomic E-state index is 12.8. The highest BCUT2D eigenvalue weighted by Crippen LogP contribution is 2.30. The fourth-order valence-electron chi connectivity index (χ4n) is 3.29. The highest BCUT2D eigenvalue weighted by Gasteiger charge is 2.52. The van der Waals surface area contributed by atoms with E-state index in [1.807, 2.05) is 6.92 Å². The van der Waals surface area contributed by atoms with Gasteiger partial charge in [-0.3, -0.25) is 14.5 Å². The van der Waals surface area contributed by atoms with Crippen LogP contribution in [-0.4, -0.2) is 46.3 Å². The van der Waals surface area contributed by atoms with Crippen molar-refractivity contribution in [1.82, 2.24) is 15.1 Å². The quantitative estimate of drug-likeness (QED) is 0.850. The highest BCUT2D eigenvalue weighted by molar-refractivity contribution is 6.30. The molecule has 0 bridgehead atoms. The van der Waals surface area contributed by atoms with Gasteiger partial charge in [-0.25, -0.2) is 4.79 Å². The van der Waals surface area contributed by atoms with Crippen molar-refractivity contribution in [2.75, 3.05) is 13.1 Å². The van der Waals surface area contributed by atoms with Gasteiger partial charge in [0.2, 0.25) is 5.91 Å². The Balaban J connectivity index is 1.70. The molecule has 0 unspecified atom stereocenters. The van der Waals surface area contributed by atoms with Crippen molar-refractivity contribution >= 4 is 29.4 Å². The van der Waals surface area contributed by atoms with Crippen LogP contribution in [0.1, 0.15) is 31.7 Å². The molecule has 1 N–H and O–H groups in total. The summed E-state index contributed by atoms with van der Waals surface area (Å²) >= 11 is 5.86. The van der Waals surface area contributed by atoms with Gasteiger partial charge in [0.05, 0.1) is 6.54 Å². The second-order valence-electron chi connectivity index (χ2n) is 6.26. The Labute approximate surface area is 145 Å². The van der Waals surface area contributed by atoms with E-state index in [1.54, 1.807) is 29.2 Å². The minimum atomic E-state index is -0.867. The summed E-state index contributed by atoms with van der Waals surface area (Å²) in [4.78, 5) is 39.9. The highest BCUT2D eigenvalue weighted by atomic mass is 35.5. The molecule has 7 heteroatoms. The molecule has 2 saturated heterocycles. The Morgan fingerprint density at radius 2 is 1.83 bits per heavy atom. The Hall–Kier alpha value is -2.08. The molecule has 4 amide bonds. The number of amides is 4. The normalized spacial score (nSPS) is 19.8. The standard InChI is InChI=1S/C17H20ClN3O3/c1-2-14(22)20-9-7-17(8-10-20)15(23)21(16(24)19-17)11-12-3-5-13(18)6-4-12/h3-6H,2,7-11H2,1H3,(H,19,24). The largest absolute Gasteiger partial charge is 0.343 e. The first-order valence-corrected chi connectivity index (χ1v) is 8.49. The number of carbonyl (C=O) groups excluding carboxylic acids is 3. The maximum Gasteiger partial charge on any atom is 0.325 e. The third-order valence-electron chi connectivity index (χ3n) is 4.77. The van der Waals surface area contributed by atoms with Crippen LogP contribution in [-0.2, 0) is 16.1 Å². The van der Waals surface area contributed by atoms with Gasteiger partial charge in [-0.1, -0.05) is 30.7 Å². The first-order chi connectivity index (χ1) is 11.4. The molecule has 2 aliphatic heterocycles. The van der Waals surface area contributed by atoms with Crippen LogP contribution in [0.5, 0.6) is 0 Å². The smallest absolute Gasteiger partial charge is 0.325 e. The third-order valence-corrected chi connectivity index (χ3v) is 5.02. The lowest BCUT2D eigenvalue weighted by atomic mass is 9.87. The molecule has 6 nitrogen and oxygen atoms in total. The van der Waals surface area contributed by atoms with E-state index in [1.165, 1.54) is 4.90 Å². The SMILES string of the molecule is CCC(=O)N1CCC2(CC1)NC(=O)N(Cc1ccc(Cl)cc1)C2=O. The molecule has 0 aromatic heterocycles. The number of hydrogen-bond donors (Lipinski definition) is 1. The van der Waals surface area contributed by atoms with E-state index in [4.69, 9.17) is 11.6 Å². The van der Waals surface area contributed by atoms with E-state index in [-0.39, 0.29) is 24.4 Å². The van der Waals surface area contributed by atoms with Crippen molar-refractivity contribution in [2.45, 2.75) is 38.3 Å². The van der Waals surface area contributed by atoms with E-state index < -0.39 is 5.54 Å². The van der Waals surface area contributed by atoms with Crippen molar-refractivity contribution < 1.29 is 14.4 Å². The zero-order chi connectivity index (χ0) is 17.3. The zero-order valence-electron chi connectivity index (χ0n) is 13.5. The average Bonchev–Trinajstić information content (AvgIpc) is 2.81. The second kappa shape index (κ2) is 6.43. The number of likely N-dealkylation sites (tertiary alicyclic amines) is 1. The number of halogens is 1. The van der Waals surface area contributed by atoms with Gasteiger partial charge in [0, 0.05) is 24.5 Å². The van der Waals surface area contributed by atoms with Crippen LogP contribution in [0.2, 0.25) is 5.02 Å². The fourth-order valence-corrected chi connectivity index (χ4v) is 3.42. The molecular formula is C17H20ClN3O3. The van der Waals surface area contributed by atoms with E-state index in [0.717, 1.165) is 5.56 Å². The van der Waals surface area contributed by atoms with E-state index in [2.05, 4.69) is 5.32 Å². The first kappa shape index (κ1) is 16.8. The Bertz CT molecular complexity index is 666. The van der Waals surface area contributed by atoms with Crippen LogP contribution in [0.25, 0.3) is 0 Å². The van der Waals surface area contributed by atoms with Crippen LogP contribution < -0.4 is 5.32 Å². The molecule has 0 saturated carbocycles. The molecule has 1 spiro atoms. The molecule has 1 aromatic rings. The summed E-state index contributed by atoms with van der Waals surface area (Å²) in [5.41, 5.74) is -0.0212. The van der Waals surface area contributed by atoms with Crippen LogP contribution in [0, 0.1) is 0 Å². The van der Waals surface area contributed by atoms with Gasteiger partial charge in [0.1, 0.15) is 5.54 Å². The van der Waals surface area contributed by atoms with Crippen molar-refractivity contribution in [3.8, 4) is 0 Å². The van der Waals surface area contributed by atoms with Gasteiger partial charge in [0.25, 0.3) is 5.91 Å². The second-order valence-corrected chi connectivity index (χ2v) is 6.70. The minimum Gasteiger partial charge on any atom is -0.343 e. The van der Waals surface area contributed by atoms with Crippen LogP contribution in [0.3, 0.4) is 0 Å². The molecule has 0 atom stereocenters. The minimum absolute atomic E-state index is 0.0830. The number of hydrogen-bond acceptors (Lipinski definition) is 3. The predicted octanol–water partition coefficient (Wildman–Crippen LogP) is 2.16. The average molecular weight is 350 g/mol. The molecule has 1 aromatic carbocycles. The van der Waals surface area contributed by atoms with Crippen LogP contribution >= 0.6 is 11.6 Å². The maximum absolute atomic E-state index is 12.8. The first-order valence-electron chi connectivity index (χ1n) is 8.11. The van der Waals surface area contributed by atoms with E-state index in [0.29, 0.717) is 37.4 Å². The number of carbonyl (C=O) groups is 3. The van der Waals surface area contributed by atoms with Gasteiger partial charge < -0.3 is 10.2 Å². The third kappa shape index (κ3) is 2.98. The lowest BCUT2D eigenvalue weighted by Crippen LogP contribution is -2.55. The topological polar surface area (TPSA) is 69.7 Å². The lowest BCUT2D eigenvalue weighted by Gasteiger charge is -2.37. The number of imide groups is 1. The van der Waals surface area contributed by atoms with Gasteiger partial charge >= 0.3 is 6.03 Å². The summed E-state index contributed by atoms with van der Waals surface area (Å²) in [5.74, 6) is -0.120. The number of nitrogens with one attached hydrogen (secondary N) is 1. The van der Waals surface area contributed by atoms with Gasteiger partial charge in [-0.2, -0.15) is 0 Å². The number of rotatable bonds is 3. The molecule has 128 valence electrons. The van der Waals surface area contributed by atoms with E-state index in [9.17, 15) is 14.4 Å². The van der Waals surface area contributed by atoms with Gasteiger partial charge in [-0.15, -0.1) is 0 Å². The summed E-state index contributed by atoms with van der Waals surface area (Å²) < 4.78 is 0. The fraction of sp³-hybridized carbons (Fsp3) is 0.471. The molecule has 24 heavy (non-hydrogen) atoms. The van der Waals surface area contributed by atoms with Crippen molar-refractivity contribution in [3.63, 3.8) is 0 Å². The summed E-state index contributed by atoms with van der Waals surface area (Å²) in [6.07, 6.45) is 1.37. The number of piperidine rings is 1. The molecule has 3 rings (SSSR count). The van der Waals surface area contributed by atoms with Crippen LogP contribution in [0.15, 0.2) is 24.3 Å². The van der Waals surface area contributed by atoms with Crippen molar-refractivity contribution in [2.24, 2.45) is 0 Å². The number of urea groups is 1. The summed E-state index contributed by atoms with van der Waals surface area (Å²) in [6.45, 7) is 3.03. The molecule has 2 fully saturated rings. The summed E-state index contributed by atoms with van der Waals surface area (Å²) in [6, 6.07) is 6.71. The summed E-state index contributed by atoms with van der Waals surface area (Å²) in [5, 5.41) is 3.46. The Morgan fingerprint density at radius 1 is 1.21 bits per heavy atom. The molecule has 2 heterocycles. The Kier molecular flexibility index (Phi) is 4.49. The molecule has 0 radical (unpaired) electrons. The zero-order valence-corrected chi connectivity index (χ0v) is 14.3. The van der Waals surface area contributed by atoms with Crippen molar-refractivity contribution in [1.29, 1.82) is 0 Å². The van der Waals surface area contributed by atoms with Crippen LogP contribution in [0.4, 0.5) is 4.79 Å². The number of nitrogens with zero attached hydrogens (tertiary/aromatic N) is 2. The Morgan fingerprint density at radius 3 is 2.42 bits per heavy atom.